The van der Waals surface area contributed by atoms with Gasteiger partial charge in [0, 0.05) is 11.3 Å². The van der Waals surface area contributed by atoms with Crippen molar-refractivity contribution in [3.63, 3.8) is 0 Å². The Labute approximate surface area is 137 Å². The number of carbonyl (C=O) groups excluding carboxylic acids is 1. The zero-order chi connectivity index (χ0) is 14.5. The van der Waals surface area contributed by atoms with Crippen LogP contribution in [0.15, 0.2) is 24.3 Å². The molecular weight excluding hydrogens is 304 g/mol. The summed E-state index contributed by atoms with van der Waals surface area (Å²) in [4.78, 5) is 12.2. The monoisotopic (exact) mass is 328 g/mol. The first-order valence-corrected chi connectivity index (χ1v) is 8.54. The van der Waals surface area contributed by atoms with E-state index in [2.05, 4.69) is 11.6 Å². The Bertz CT molecular complexity index is 452. The molecule has 3 unspecified atom stereocenters. The summed E-state index contributed by atoms with van der Waals surface area (Å²) in [6, 6.07) is 7.58. The predicted molar refractivity (Wildman–Crippen MR) is 93.1 cm³/mol. The minimum Gasteiger partial charge on any atom is -0.352 e. The second kappa shape index (κ2) is 8.66. The lowest BCUT2D eigenvalue weighted by Gasteiger charge is -2.29. The van der Waals surface area contributed by atoms with Crippen LogP contribution in [0.3, 0.4) is 0 Å². The Balaban J connectivity index is 0.00000220. The number of thioether (sulfide) groups is 1. The summed E-state index contributed by atoms with van der Waals surface area (Å²) in [7, 11) is 0. The second-order valence-corrected chi connectivity index (χ2v) is 6.76. The highest BCUT2D eigenvalue weighted by Crippen LogP contribution is 2.27. The van der Waals surface area contributed by atoms with Crippen LogP contribution >= 0.6 is 24.2 Å². The van der Waals surface area contributed by atoms with Gasteiger partial charge < -0.3 is 11.1 Å². The van der Waals surface area contributed by atoms with E-state index in [-0.39, 0.29) is 24.4 Å². The van der Waals surface area contributed by atoms with Crippen molar-refractivity contribution in [2.24, 2.45) is 5.73 Å². The largest absolute Gasteiger partial charge is 0.352 e. The molecular formula is C16H25ClN2OS. The zero-order valence-corrected chi connectivity index (χ0v) is 14.3. The van der Waals surface area contributed by atoms with Gasteiger partial charge in [-0.15, -0.1) is 12.4 Å². The highest BCUT2D eigenvalue weighted by molar-refractivity contribution is 7.99. The molecule has 1 aromatic rings. The van der Waals surface area contributed by atoms with Crippen molar-refractivity contribution in [2.75, 3.05) is 6.26 Å². The molecule has 1 amide bonds. The van der Waals surface area contributed by atoms with E-state index in [0.717, 1.165) is 18.4 Å². The molecule has 21 heavy (non-hydrogen) atoms. The van der Waals surface area contributed by atoms with Gasteiger partial charge >= 0.3 is 0 Å². The van der Waals surface area contributed by atoms with E-state index in [0.29, 0.717) is 5.25 Å². The number of carbonyl (C=O) groups is 1. The van der Waals surface area contributed by atoms with Gasteiger partial charge in [-0.2, -0.15) is 11.8 Å². The molecule has 1 fully saturated rings. The fraction of sp³-hybridized carbons (Fsp3) is 0.562. The van der Waals surface area contributed by atoms with Crippen LogP contribution in [0.2, 0.25) is 0 Å². The third kappa shape index (κ3) is 5.20. The third-order valence-corrected chi connectivity index (χ3v) is 5.12. The van der Waals surface area contributed by atoms with E-state index in [1.807, 2.05) is 43.0 Å². The number of rotatable bonds is 4. The summed E-state index contributed by atoms with van der Waals surface area (Å²) in [5.41, 5.74) is 8.11. The number of nitrogens with one attached hydrogen (secondary N) is 1. The van der Waals surface area contributed by atoms with Crippen LogP contribution in [-0.4, -0.2) is 23.5 Å². The van der Waals surface area contributed by atoms with E-state index in [1.165, 1.54) is 18.4 Å². The van der Waals surface area contributed by atoms with Crippen LogP contribution in [0.1, 0.15) is 42.9 Å². The van der Waals surface area contributed by atoms with E-state index in [4.69, 9.17) is 5.73 Å². The molecule has 0 aliphatic heterocycles. The van der Waals surface area contributed by atoms with Crippen LogP contribution < -0.4 is 11.1 Å². The van der Waals surface area contributed by atoms with Crippen molar-refractivity contribution < 1.29 is 4.79 Å². The molecule has 0 spiro atoms. The van der Waals surface area contributed by atoms with Gasteiger partial charge in [-0.05, 0) is 38.0 Å². The number of aryl methyl sites for hydroxylation is 1. The maximum absolute atomic E-state index is 12.2. The van der Waals surface area contributed by atoms with E-state index >= 15 is 0 Å². The highest BCUT2D eigenvalue weighted by Gasteiger charge is 2.25. The van der Waals surface area contributed by atoms with Crippen LogP contribution in [0.5, 0.6) is 0 Å². The van der Waals surface area contributed by atoms with Crippen LogP contribution in [-0.2, 0) is 4.79 Å². The fourth-order valence-corrected chi connectivity index (χ4v) is 3.53. The van der Waals surface area contributed by atoms with Gasteiger partial charge in [0.2, 0.25) is 5.91 Å². The van der Waals surface area contributed by atoms with Gasteiger partial charge in [-0.25, -0.2) is 0 Å². The van der Waals surface area contributed by atoms with Crippen molar-refractivity contribution >= 4 is 30.1 Å². The first-order valence-electron chi connectivity index (χ1n) is 7.25. The summed E-state index contributed by atoms with van der Waals surface area (Å²) in [6.07, 6.45) is 6.73. The summed E-state index contributed by atoms with van der Waals surface area (Å²) < 4.78 is 0. The average molecular weight is 329 g/mol. The summed E-state index contributed by atoms with van der Waals surface area (Å²) >= 11 is 1.90. The van der Waals surface area contributed by atoms with Gasteiger partial charge in [-0.3, -0.25) is 4.79 Å². The van der Waals surface area contributed by atoms with Gasteiger partial charge in [0.15, 0.2) is 0 Å². The molecule has 1 aliphatic rings. The molecule has 3 nitrogen and oxygen atoms in total. The maximum atomic E-state index is 12.2. The first-order chi connectivity index (χ1) is 9.60. The highest BCUT2D eigenvalue weighted by atomic mass is 35.5. The standard InChI is InChI=1S/C16H24N2OS.ClH/c1-11-6-8-12(9-7-11)15(17)16(19)18-13-4-3-5-14(10-13)20-2;/h6-9,13-15H,3-5,10,17H2,1-2H3,(H,18,19);1H. The quantitative estimate of drug-likeness (QED) is 0.892. The number of benzene rings is 1. The summed E-state index contributed by atoms with van der Waals surface area (Å²) in [5.74, 6) is -0.0550. The second-order valence-electron chi connectivity index (χ2n) is 5.62. The maximum Gasteiger partial charge on any atom is 0.241 e. The van der Waals surface area contributed by atoms with E-state index in [1.54, 1.807) is 0 Å². The topological polar surface area (TPSA) is 55.1 Å². The van der Waals surface area contributed by atoms with E-state index < -0.39 is 6.04 Å². The molecule has 3 atom stereocenters. The van der Waals surface area contributed by atoms with E-state index in [9.17, 15) is 4.79 Å². The van der Waals surface area contributed by atoms with Gasteiger partial charge in [0.25, 0.3) is 0 Å². The third-order valence-electron chi connectivity index (χ3n) is 4.02. The Hall–Kier alpha value is -0.710. The van der Waals surface area contributed by atoms with Crippen molar-refractivity contribution in [1.29, 1.82) is 0 Å². The normalized spacial score (nSPS) is 23.0. The molecule has 5 heteroatoms. The van der Waals surface area contributed by atoms with Gasteiger partial charge in [0.1, 0.15) is 6.04 Å². The minimum absolute atomic E-state index is 0. The number of nitrogens with two attached hydrogens (primary N) is 1. The van der Waals surface area contributed by atoms with Gasteiger partial charge in [-0.1, -0.05) is 36.2 Å². The lowest BCUT2D eigenvalue weighted by Crippen LogP contribution is -2.43. The van der Waals surface area contributed by atoms with Crippen molar-refractivity contribution in [2.45, 2.75) is 49.9 Å². The molecule has 0 radical (unpaired) electrons. The average Bonchev–Trinajstić information content (AvgIpc) is 2.47. The number of hydrogen-bond donors (Lipinski definition) is 2. The van der Waals surface area contributed by atoms with Crippen molar-refractivity contribution in [3.05, 3.63) is 35.4 Å². The summed E-state index contributed by atoms with van der Waals surface area (Å²) in [6.45, 7) is 2.03. The van der Waals surface area contributed by atoms with Crippen LogP contribution in [0.25, 0.3) is 0 Å². The number of amides is 1. The lowest BCUT2D eigenvalue weighted by atomic mass is 9.94. The molecule has 1 aromatic carbocycles. The Morgan fingerprint density at radius 2 is 2.00 bits per heavy atom. The number of halogens is 1. The molecule has 1 aliphatic carbocycles. The predicted octanol–water partition coefficient (Wildman–Crippen LogP) is 3.21. The molecule has 2 rings (SSSR count). The minimum atomic E-state index is -0.565. The molecule has 0 aromatic heterocycles. The molecule has 3 N–H and O–H groups in total. The molecule has 0 saturated heterocycles. The Morgan fingerprint density at radius 3 is 2.62 bits per heavy atom. The molecule has 1 saturated carbocycles. The van der Waals surface area contributed by atoms with Crippen LogP contribution in [0.4, 0.5) is 0 Å². The Morgan fingerprint density at radius 1 is 1.33 bits per heavy atom. The lowest BCUT2D eigenvalue weighted by molar-refractivity contribution is -0.123. The van der Waals surface area contributed by atoms with Gasteiger partial charge in [0.05, 0.1) is 0 Å². The molecule has 0 heterocycles. The fourth-order valence-electron chi connectivity index (χ4n) is 2.71. The SMILES string of the molecule is CSC1CCCC(NC(=O)C(N)c2ccc(C)cc2)C1.Cl. The zero-order valence-electron chi connectivity index (χ0n) is 12.7. The van der Waals surface area contributed by atoms with Crippen LogP contribution in [0, 0.1) is 6.92 Å². The smallest absolute Gasteiger partial charge is 0.241 e. The Kier molecular flexibility index (Phi) is 7.57. The molecule has 0 bridgehead atoms. The molecule has 118 valence electrons. The summed E-state index contributed by atoms with van der Waals surface area (Å²) in [5, 5.41) is 3.79. The number of hydrogen-bond acceptors (Lipinski definition) is 3. The van der Waals surface area contributed by atoms with Crippen molar-refractivity contribution in [1.82, 2.24) is 5.32 Å². The first kappa shape index (κ1) is 18.3. The van der Waals surface area contributed by atoms with Crippen molar-refractivity contribution in [3.8, 4) is 0 Å².